The molecule has 2 rings (SSSR count). The minimum absolute atomic E-state index is 0.0108. The maximum Gasteiger partial charge on any atom is 0.198 e. The average Bonchev–Trinajstić information content (AvgIpc) is 2.32. The standard InChI is InChI=1S/C13H7BrClF3O/c14-8-3-9(16)5-10(4-8)19-13-11(17)1-7(6-15)2-12(13)18/h1-5H,6H2. The molecule has 0 saturated heterocycles. The lowest BCUT2D eigenvalue weighted by atomic mass is 10.2. The van der Waals surface area contributed by atoms with Gasteiger partial charge in [-0.3, -0.25) is 0 Å². The highest BCUT2D eigenvalue weighted by Gasteiger charge is 2.14. The molecule has 2 aromatic carbocycles. The summed E-state index contributed by atoms with van der Waals surface area (Å²) in [7, 11) is 0. The van der Waals surface area contributed by atoms with Crippen molar-refractivity contribution >= 4 is 27.5 Å². The molecular formula is C13H7BrClF3O. The van der Waals surface area contributed by atoms with E-state index in [4.69, 9.17) is 16.3 Å². The Morgan fingerprint density at radius 3 is 2.16 bits per heavy atom. The van der Waals surface area contributed by atoms with Crippen molar-refractivity contribution in [3.63, 3.8) is 0 Å². The van der Waals surface area contributed by atoms with E-state index in [9.17, 15) is 13.2 Å². The van der Waals surface area contributed by atoms with Gasteiger partial charge in [-0.25, -0.2) is 13.2 Å². The van der Waals surface area contributed by atoms with Gasteiger partial charge in [0.05, 0.1) is 0 Å². The third-order valence-electron chi connectivity index (χ3n) is 2.27. The molecule has 6 heteroatoms. The summed E-state index contributed by atoms with van der Waals surface area (Å²) in [6.07, 6.45) is 0. The van der Waals surface area contributed by atoms with E-state index in [2.05, 4.69) is 15.9 Å². The molecule has 0 atom stereocenters. The van der Waals surface area contributed by atoms with Gasteiger partial charge in [-0.15, -0.1) is 11.6 Å². The van der Waals surface area contributed by atoms with Crippen LogP contribution in [0.3, 0.4) is 0 Å². The second kappa shape index (κ2) is 5.84. The highest BCUT2D eigenvalue weighted by molar-refractivity contribution is 9.10. The minimum Gasteiger partial charge on any atom is -0.451 e. The molecule has 0 aliphatic heterocycles. The van der Waals surface area contributed by atoms with Crippen molar-refractivity contribution in [3.05, 3.63) is 57.8 Å². The lowest BCUT2D eigenvalue weighted by Crippen LogP contribution is -1.95. The van der Waals surface area contributed by atoms with Crippen LogP contribution in [0.4, 0.5) is 13.2 Å². The van der Waals surface area contributed by atoms with Crippen LogP contribution in [0.25, 0.3) is 0 Å². The van der Waals surface area contributed by atoms with Gasteiger partial charge in [0.15, 0.2) is 17.4 Å². The zero-order valence-corrected chi connectivity index (χ0v) is 11.7. The smallest absolute Gasteiger partial charge is 0.198 e. The molecule has 0 N–H and O–H groups in total. The molecule has 0 heterocycles. The Morgan fingerprint density at radius 2 is 1.63 bits per heavy atom. The summed E-state index contributed by atoms with van der Waals surface area (Å²) in [5, 5.41) is 0. The van der Waals surface area contributed by atoms with E-state index in [1.807, 2.05) is 0 Å². The van der Waals surface area contributed by atoms with Crippen molar-refractivity contribution in [1.82, 2.24) is 0 Å². The molecule has 2 aromatic rings. The van der Waals surface area contributed by atoms with E-state index in [-0.39, 0.29) is 11.6 Å². The number of hydrogen-bond acceptors (Lipinski definition) is 1. The molecular weight excluding hydrogens is 344 g/mol. The molecule has 0 spiro atoms. The van der Waals surface area contributed by atoms with Crippen LogP contribution in [0.15, 0.2) is 34.8 Å². The molecule has 0 saturated carbocycles. The summed E-state index contributed by atoms with van der Waals surface area (Å²) in [4.78, 5) is 0. The first-order chi connectivity index (χ1) is 8.99. The number of ether oxygens (including phenoxy) is 1. The van der Waals surface area contributed by atoms with Crippen LogP contribution in [0.2, 0.25) is 0 Å². The van der Waals surface area contributed by atoms with Crippen LogP contribution >= 0.6 is 27.5 Å². The number of alkyl halides is 1. The maximum atomic E-state index is 13.7. The zero-order valence-electron chi connectivity index (χ0n) is 9.39. The summed E-state index contributed by atoms with van der Waals surface area (Å²) in [5.41, 5.74) is 0.296. The van der Waals surface area contributed by atoms with Crippen molar-refractivity contribution in [2.24, 2.45) is 0 Å². The Balaban J connectivity index is 2.38. The minimum atomic E-state index is -0.893. The second-order valence-electron chi connectivity index (χ2n) is 3.73. The molecule has 0 amide bonds. The third-order valence-corrected chi connectivity index (χ3v) is 3.03. The Labute approximate surface area is 121 Å². The van der Waals surface area contributed by atoms with Crippen molar-refractivity contribution in [2.45, 2.75) is 5.88 Å². The zero-order chi connectivity index (χ0) is 14.0. The molecule has 0 fully saturated rings. The summed E-state index contributed by atoms with van der Waals surface area (Å²) in [6.45, 7) is 0. The van der Waals surface area contributed by atoms with Crippen molar-refractivity contribution in [1.29, 1.82) is 0 Å². The second-order valence-corrected chi connectivity index (χ2v) is 4.91. The van der Waals surface area contributed by atoms with Gasteiger partial charge >= 0.3 is 0 Å². The molecule has 0 radical (unpaired) electrons. The highest BCUT2D eigenvalue weighted by atomic mass is 79.9. The van der Waals surface area contributed by atoms with Gasteiger partial charge in [-0.1, -0.05) is 15.9 Å². The van der Waals surface area contributed by atoms with Crippen LogP contribution in [0, 0.1) is 17.5 Å². The van der Waals surface area contributed by atoms with E-state index in [0.29, 0.717) is 10.0 Å². The first-order valence-corrected chi connectivity index (χ1v) is 6.50. The van der Waals surface area contributed by atoms with Gasteiger partial charge in [-0.2, -0.15) is 0 Å². The van der Waals surface area contributed by atoms with Crippen LogP contribution in [-0.2, 0) is 5.88 Å². The largest absolute Gasteiger partial charge is 0.451 e. The van der Waals surface area contributed by atoms with Crippen molar-refractivity contribution in [3.8, 4) is 11.5 Å². The molecule has 0 aliphatic rings. The van der Waals surface area contributed by atoms with Gasteiger partial charge in [0.25, 0.3) is 0 Å². The highest BCUT2D eigenvalue weighted by Crippen LogP contribution is 2.31. The quantitative estimate of drug-likeness (QED) is 0.673. The van der Waals surface area contributed by atoms with E-state index in [1.165, 1.54) is 12.1 Å². The molecule has 0 bridgehead atoms. The normalized spacial score (nSPS) is 10.6. The monoisotopic (exact) mass is 350 g/mol. The molecule has 1 nitrogen and oxygen atoms in total. The Bertz CT molecular complexity index is 576. The van der Waals surface area contributed by atoms with E-state index < -0.39 is 23.2 Å². The Kier molecular flexibility index (Phi) is 4.37. The molecule has 19 heavy (non-hydrogen) atoms. The first kappa shape index (κ1) is 14.2. The van der Waals surface area contributed by atoms with E-state index in [0.717, 1.165) is 18.2 Å². The maximum absolute atomic E-state index is 13.7. The molecule has 0 aliphatic carbocycles. The summed E-state index contributed by atoms with van der Waals surface area (Å²) >= 11 is 8.56. The predicted octanol–water partition coefficient (Wildman–Crippen LogP) is 5.40. The van der Waals surface area contributed by atoms with Crippen LogP contribution in [0.5, 0.6) is 11.5 Å². The predicted molar refractivity (Wildman–Crippen MR) is 70.1 cm³/mol. The topological polar surface area (TPSA) is 9.23 Å². The van der Waals surface area contributed by atoms with Gasteiger partial charge < -0.3 is 4.74 Å². The fourth-order valence-electron chi connectivity index (χ4n) is 1.49. The summed E-state index contributed by atoms with van der Waals surface area (Å²) < 4.78 is 45.9. The van der Waals surface area contributed by atoms with E-state index in [1.54, 1.807) is 0 Å². The van der Waals surface area contributed by atoms with Crippen molar-refractivity contribution < 1.29 is 17.9 Å². The Hall–Kier alpha value is -1.20. The summed E-state index contributed by atoms with van der Waals surface area (Å²) in [6, 6.07) is 5.77. The number of hydrogen-bond donors (Lipinski definition) is 0. The van der Waals surface area contributed by atoms with E-state index >= 15 is 0 Å². The lowest BCUT2D eigenvalue weighted by Gasteiger charge is -2.09. The number of rotatable bonds is 3. The van der Waals surface area contributed by atoms with Gasteiger partial charge in [0.2, 0.25) is 0 Å². The van der Waals surface area contributed by atoms with Crippen LogP contribution < -0.4 is 4.74 Å². The fourth-order valence-corrected chi connectivity index (χ4v) is 2.09. The first-order valence-electron chi connectivity index (χ1n) is 5.17. The van der Waals surface area contributed by atoms with Crippen molar-refractivity contribution in [2.75, 3.05) is 0 Å². The number of halogens is 5. The average molecular weight is 352 g/mol. The third kappa shape index (κ3) is 3.42. The summed E-state index contributed by atoms with van der Waals surface area (Å²) in [5.74, 6) is -2.98. The molecule has 100 valence electrons. The van der Waals surface area contributed by atoms with Crippen LogP contribution in [0.1, 0.15) is 5.56 Å². The molecule has 0 aromatic heterocycles. The van der Waals surface area contributed by atoms with Gasteiger partial charge in [-0.05, 0) is 29.8 Å². The SMILES string of the molecule is Fc1cc(Br)cc(Oc2c(F)cc(CCl)cc2F)c1. The fraction of sp³-hybridized carbons (Fsp3) is 0.0769. The molecule has 0 unspecified atom stereocenters. The van der Waals surface area contributed by atoms with Gasteiger partial charge in [0, 0.05) is 16.4 Å². The Morgan fingerprint density at radius 1 is 1.00 bits per heavy atom. The van der Waals surface area contributed by atoms with Gasteiger partial charge in [0.1, 0.15) is 11.6 Å². The van der Waals surface area contributed by atoms with Crippen LogP contribution in [-0.4, -0.2) is 0 Å². The lowest BCUT2D eigenvalue weighted by molar-refractivity contribution is 0.404. The number of benzene rings is 2.